The van der Waals surface area contributed by atoms with Crippen molar-refractivity contribution in [2.45, 2.75) is 25.8 Å². The third kappa shape index (κ3) is 2.29. The second-order valence-electron chi connectivity index (χ2n) is 3.80. The summed E-state index contributed by atoms with van der Waals surface area (Å²) in [7, 11) is 0. The summed E-state index contributed by atoms with van der Waals surface area (Å²) in [6.07, 6.45) is 5.88. The third-order valence-corrected chi connectivity index (χ3v) is 2.75. The Hall–Kier alpha value is -1.52. The van der Waals surface area contributed by atoms with Crippen molar-refractivity contribution in [1.82, 2.24) is 14.5 Å². The number of hydrogen-bond acceptors (Lipinski definition) is 2. The molecule has 2 heterocycles. The molecule has 0 saturated carbocycles. The summed E-state index contributed by atoms with van der Waals surface area (Å²) in [5, 5.41) is 0. The maximum Gasteiger partial charge on any atom is 0.325 e. The number of aromatic amines is 1. The number of imidazole rings is 1. The zero-order chi connectivity index (χ0) is 10.7. The van der Waals surface area contributed by atoms with Crippen molar-refractivity contribution in [3.8, 4) is 0 Å². The maximum absolute atomic E-state index is 11.7. The minimum Gasteiger partial charge on any atom is -0.343 e. The summed E-state index contributed by atoms with van der Waals surface area (Å²) in [6, 6.07) is 0. The Kier molecular flexibility index (Phi) is 2.89. The van der Waals surface area contributed by atoms with E-state index < -0.39 is 0 Å². The number of nitrogens with zero attached hydrogens (tertiary/aromatic N) is 2. The lowest BCUT2D eigenvalue weighted by atomic mass is 10.3. The Morgan fingerprint density at radius 1 is 1.40 bits per heavy atom. The molecule has 5 nitrogen and oxygen atoms in total. The minimum absolute atomic E-state index is 0.149. The highest BCUT2D eigenvalue weighted by Crippen LogP contribution is 2.08. The summed E-state index contributed by atoms with van der Waals surface area (Å²) in [5.41, 5.74) is -0.149. The van der Waals surface area contributed by atoms with Crippen LogP contribution in [0.15, 0.2) is 17.2 Å². The van der Waals surface area contributed by atoms with Crippen molar-refractivity contribution in [3.63, 3.8) is 0 Å². The summed E-state index contributed by atoms with van der Waals surface area (Å²) >= 11 is 0. The first-order valence-corrected chi connectivity index (χ1v) is 5.29. The molecule has 1 fully saturated rings. The molecule has 0 aliphatic carbocycles. The van der Waals surface area contributed by atoms with Gasteiger partial charge in [-0.2, -0.15) is 0 Å². The quantitative estimate of drug-likeness (QED) is 0.772. The molecule has 0 spiro atoms. The van der Waals surface area contributed by atoms with Crippen molar-refractivity contribution in [1.29, 1.82) is 0 Å². The standard InChI is InChI=1S/C10H15N3O2/c14-9(12-5-1-2-6-12)3-7-13-8-4-11-10(13)15/h4,8H,1-3,5-7H2,(H,11,15). The van der Waals surface area contributed by atoms with Gasteiger partial charge in [-0.05, 0) is 12.8 Å². The number of nitrogens with one attached hydrogen (secondary N) is 1. The highest BCUT2D eigenvalue weighted by atomic mass is 16.2. The van der Waals surface area contributed by atoms with Crippen molar-refractivity contribution < 1.29 is 4.79 Å². The first-order valence-electron chi connectivity index (χ1n) is 5.29. The SMILES string of the molecule is O=C(CCn1cc[nH]c1=O)N1CCCC1. The lowest BCUT2D eigenvalue weighted by molar-refractivity contribution is -0.130. The van der Waals surface area contributed by atoms with Gasteiger partial charge in [-0.1, -0.05) is 0 Å². The van der Waals surface area contributed by atoms with Crippen LogP contribution in [0.25, 0.3) is 0 Å². The van der Waals surface area contributed by atoms with Crippen molar-refractivity contribution in [3.05, 3.63) is 22.9 Å². The van der Waals surface area contributed by atoms with Crippen LogP contribution >= 0.6 is 0 Å². The number of amides is 1. The molecule has 0 aromatic carbocycles. The number of likely N-dealkylation sites (tertiary alicyclic amines) is 1. The smallest absolute Gasteiger partial charge is 0.325 e. The molecule has 15 heavy (non-hydrogen) atoms. The molecule has 82 valence electrons. The first kappa shape index (κ1) is 10.0. The molecule has 2 rings (SSSR count). The Morgan fingerprint density at radius 2 is 2.13 bits per heavy atom. The van der Waals surface area contributed by atoms with Gasteiger partial charge in [0.2, 0.25) is 5.91 Å². The number of rotatable bonds is 3. The Balaban J connectivity index is 1.85. The van der Waals surface area contributed by atoms with Crippen LogP contribution < -0.4 is 5.69 Å². The number of aryl methyl sites for hydroxylation is 1. The number of H-pyrrole nitrogens is 1. The first-order chi connectivity index (χ1) is 7.27. The lowest BCUT2D eigenvalue weighted by Gasteiger charge is -2.14. The molecule has 1 aliphatic rings. The van der Waals surface area contributed by atoms with Gasteiger partial charge in [0.15, 0.2) is 0 Å². The Bertz CT molecular complexity index is 387. The van der Waals surface area contributed by atoms with Gasteiger partial charge in [-0.3, -0.25) is 9.36 Å². The van der Waals surface area contributed by atoms with E-state index in [-0.39, 0.29) is 11.6 Å². The van der Waals surface area contributed by atoms with E-state index in [9.17, 15) is 9.59 Å². The van der Waals surface area contributed by atoms with Gasteiger partial charge >= 0.3 is 5.69 Å². The van der Waals surface area contributed by atoms with Crippen LogP contribution in [0.2, 0.25) is 0 Å². The largest absolute Gasteiger partial charge is 0.343 e. The summed E-state index contributed by atoms with van der Waals surface area (Å²) < 4.78 is 1.52. The predicted molar refractivity (Wildman–Crippen MR) is 55.5 cm³/mol. The maximum atomic E-state index is 11.7. The zero-order valence-corrected chi connectivity index (χ0v) is 8.61. The molecule has 1 aromatic rings. The topological polar surface area (TPSA) is 58.1 Å². The fourth-order valence-electron chi connectivity index (χ4n) is 1.87. The minimum atomic E-state index is -0.149. The monoisotopic (exact) mass is 209 g/mol. The summed E-state index contributed by atoms with van der Waals surface area (Å²) in [5.74, 6) is 0.153. The number of hydrogen-bond donors (Lipinski definition) is 1. The van der Waals surface area contributed by atoms with Gasteiger partial charge in [0.05, 0.1) is 0 Å². The van der Waals surface area contributed by atoms with E-state index in [1.54, 1.807) is 12.4 Å². The van der Waals surface area contributed by atoms with Crippen LogP contribution in [0, 0.1) is 0 Å². The highest BCUT2D eigenvalue weighted by molar-refractivity contribution is 5.76. The van der Waals surface area contributed by atoms with Crippen LogP contribution in [0.3, 0.4) is 0 Å². The van der Waals surface area contributed by atoms with Gasteiger partial charge in [0.1, 0.15) is 0 Å². The Morgan fingerprint density at radius 3 is 2.73 bits per heavy atom. The molecule has 5 heteroatoms. The van der Waals surface area contributed by atoms with Crippen LogP contribution in [0.1, 0.15) is 19.3 Å². The molecule has 1 aliphatic heterocycles. The molecule has 0 unspecified atom stereocenters. The fourth-order valence-corrected chi connectivity index (χ4v) is 1.87. The number of carbonyl (C=O) groups is 1. The summed E-state index contributed by atoms with van der Waals surface area (Å²) in [6.45, 7) is 2.22. The van der Waals surface area contributed by atoms with Gasteiger partial charge in [-0.15, -0.1) is 0 Å². The van der Waals surface area contributed by atoms with Crippen LogP contribution in [0.5, 0.6) is 0 Å². The van der Waals surface area contributed by atoms with Gasteiger partial charge in [-0.25, -0.2) is 4.79 Å². The summed E-state index contributed by atoms with van der Waals surface area (Å²) in [4.78, 5) is 27.2. The average molecular weight is 209 g/mol. The highest BCUT2D eigenvalue weighted by Gasteiger charge is 2.17. The molecular weight excluding hydrogens is 194 g/mol. The van der Waals surface area contributed by atoms with E-state index in [1.165, 1.54) is 4.57 Å². The van der Waals surface area contributed by atoms with Gasteiger partial charge < -0.3 is 9.88 Å². The average Bonchev–Trinajstić information content (AvgIpc) is 2.85. The van der Waals surface area contributed by atoms with E-state index in [2.05, 4.69) is 4.98 Å². The lowest BCUT2D eigenvalue weighted by Crippen LogP contribution is -2.29. The van der Waals surface area contributed by atoms with E-state index >= 15 is 0 Å². The fraction of sp³-hybridized carbons (Fsp3) is 0.600. The molecular formula is C10H15N3O2. The normalized spacial score (nSPS) is 15.9. The molecule has 1 saturated heterocycles. The van der Waals surface area contributed by atoms with E-state index in [4.69, 9.17) is 0 Å². The molecule has 1 aromatic heterocycles. The van der Waals surface area contributed by atoms with Crippen molar-refractivity contribution in [2.75, 3.05) is 13.1 Å². The number of carbonyl (C=O) groups excluding carboxylic acids is 1. The number of aromatic nitrogens is 2. The molecule has 0 atom stereocenters. The Labute approximate surface area is 87.7 Å². The third-order valence-electron chi connectivity index (χ3n) is 2.75. The molecule has 0 bridgehead atoms. The van der Waals surface area contributed by atoms with E-state index in [1.807, 2.05) is 4.90 Å². The van der Waals surface area contributed by atoms with Crippen molar-refractivity contribution in [2.24, 2.45) is 0 Å². The predicted octanol–water partition coefficient (Wildman–Crippen LogP) is 0.189. The molecule has 0 radical (unpaired) electrons. The van der Waals surface area contributed by atoms with Gasteiger partial charge in [0, 0.05) is 38.4 Å². The van der Waals surface area contributed by atoms with Crippen LogP contribution in [0.4, 0.5) is 0 Å². The van der Waals surface area contributed by atoms with E-state index in [0.29, 0.717) is 13.0 Å². The van der Waals surface area contributed by atoms with Crippen LogP contribution in [-0.4, -0.2) is 33.4 Å². The zero-order valence-electron chi connectivity index (χ0n) is 8.61. The molecule has 1 amide bonds. The molecule has 1 N–H and O–H groups in total. The second kappa shape index (κ2) is 4.33. The van der Waals surface area contributed by atoms with E-state index in [0.717, 1.165) is 25.9 Å². The van der Waals surface area contributed by atoms with Gasteiger partial charge in [0.25, 0.3) is 0 Å². The van der Waals surface area contributed by atoms with Crippen LogP contribution in [-0.2, 0) is 11.3 Å². The van der Waals surface area contributed by atoms with Crippen molar-refractivity contribution >= 4 is 5.91 Å². The second-order valence-corrected chi connectivity index (χ2v) is 3.80.